The summed E-state index contributed by atoms with van der Waals surface area (Å²) in [6.07, 6.45) is 0.606. The zero-order chi connectivity index (χ0) is 15.6. The van der Waals surface area contributed by atoms with Crippen molar-refractivity contribution in [3.05, 3.63) is 29.8 Å². The quantitative estimate of drug-likeness (QED) is 0.848. The number of hydrogen-bond acceptors (Lipinski definition) is 3. The molecule has 6 heteroatoms. The zero-order valence-electron chi connectivity index (χ0n) is 12.4. The number of hydrogen-bond donors (Lipinski definition) is 1. The molecule has 1 rings (SSSR count). The summed E-state index contributed by atoms with van der Waals surface area (Å²) in [5.74, 6) is 0.115. The summed E-state index contributed by atoms with van der Waals surface area (Å²) in [7, 11) is -1.79. The molecule has 0 radical (unpaired) electrons. The van der Waals surface area contributed by atoms with Crippen LogP contribution in [0.15, 0.2) is 24.3 Å². The molecule has 0 atom stereocenters. The van der Waals surface area contributed by atoms with E-state index in [0.717, 1.165) is 0 Å². The highest BCUT2D eigenvalue weighted by Gasteiger charge is 2.22. The Kier molecular flexibility index (Phi) is 5.15. The molecule has 0 saturated carbocycles. The predicted octanol–water partition coefficient (Wildman–Crippen LogP) is 2.52. The highest BCUT2D eigenvalue weighted by Crippen LogP contribution is 2.23. The summed E-state index contributed by atoms with van der Waals surface area (Å²) in [5, 5.41) is 0. The van der Waals surface area contributed by atoms with Gasteiger partial charge in [-0.15, -0.1) is 0 Å². The Morgan fingerprint density at radius 1 is 1.35 bits per heavy atom. The third-order valence-corrected chi connectivity index (χ3v) is 5.02. The fraction of sp³-hybridized carbons (Fsp3) is 0.500. The standard InChI is InChI=1S/C14H22N2O2S2/c1-14(2,3)8-9-20(17,18)16(4)12-7-5-6-11(10-12)13(15)19/h5-7,10H,8-9H2,1-4H3,(H2,15,19). The van der Waals surface area contributed by atoms with Crippen LogP contribution in [0.25, 0.3) is 0 Å². The fourth-order valence-electron chi connectivity index (χ4n) is 1.59. The van der Waals surface area contributed by atoms with Gasteiger partial charge in [0.15, 0.2) is 0 Å². The molecule has 1 aromatic carbocycles. The second-order valence-electron chi connectivity index (χ2n) is 6.01. The van der Waals surface area contributed by atoms with Gasteiger partial charge in [-0.1, -0.05) is 45.1 Å². The third kappa shape index (κ3) is 4.76. The molecular weight excluding hydrogens is 292 g/mol. The summed E-state index contributed by atoms with van der Waals surface area (Å²) in [4.78, 5) is 0.257. The molecule has 0 aliphatic heterocycles. The molecule has 20 heavy (non-hydrogen) atoms. The molecule has 0 amide bonds. The van der Waals surface area contributed by atoms with Crippen molar-refractivity contribution in [1.82, 2.24) is 0 Å². The molecular formula is C14H22N2O2S2. The van der Waals surface area contributed by atoms with Gasteiger partial charge in [0.05, 0.1) is 11.4 Å². The van der Waals surface area contributed by atoms with E-state index in [-0.39, 0.29) is 16.2 Å². The van der Waals surface area contributed by atoms with Gasteiger partial charge in [0.25, 0.3) is 0 Å². The van der Waals surface area contributed by atoms with Crippen LogP contribution in [0, 0.1) is 5.41 Å². The molecule has 2 N–H and O–H groups in total. The molecule has 0 heterocycles. The molecule has 1 aromatic rings. The summed E-state index contributed by atoms with van der Waals surface area (Å²) in [6.45, 7) is 6.07. The molecule has 4 nitrogen and oxygen atoms in total. The Morgan fingerprint density at radius 2 is 1.95 bits per heavy atom. The smallest absolute Gasteiger partial charge is 0.234 e. The Hall–Kier alpha value is -1.14. The predicted molar refractivity (Wildman–Crippen MR) is 88.6 cm³/mol. The highest BCUT2D eigenvalue weighted by atomic mass is 32.2. The van der Waals surface area contributed by atoms with E-state index in [4.69, 9.17) is 18.0 Å². The number of sulfonamides is 1. The van der Waals surface area contributed by atoms with Gasteiger partial charge < -0.3 is 5.73 Å². The first-order chi connectivity index (χ1) is 9.03. The van der Waals surface area contributed by atoms with Gasteiger partial charge in [-0.25, -0.2) is 8.42 Å². The molecule has 0 fully saturated rings. The molecule has 0 unspecified atom stereocenters. The van der Waals surface area contributed by atoms with Crippen molar-refractivity contribution in [2.24, 2.45) is 11.1 Å². The third-order valence-electron chi connectivity index (χ3n) is 3.02. The Morgan fingerprint density at radius 3 is 2.45 bits per heavy atom. The Labute approximate surface area is 127 Å². The van der Waals surface area contributed by atoms with Crippen molar-refractivity contribution in [1.29, 1.82) is 0 Å². The Bertz CT molecular complexity index is 589. The maximum absolute atomic E-state index is 12.3. The van der Waals surface area contributed by atoms with E-state index in [1.807, 2.05) is 20.8 Å². The van der Waals surface area contributed by atoms with Crippen molar-refractivity contribution in [2.75, 3.05) is 17.1 Å². The number of nitrogens with zero attached hydrogens (tertiary/aromatic N) is 1. The lowest BCUT2D eigenvalue weighted by Gasteiger charge is -2.23. The van der Waals surface area contributed by atoms with Crippen molar-refractivity contribution in [3.8, 4) is 0 Å². The van der Waals surface area contributed by atoms with Gasteiger partial charge >= 0.3 is 0 Å². The fourth-order valence-corrected chi connectivity index (χ4v) is 3.29. The van der Waals surface area contributed by atoms with E-state index in [0.29, 0.717) is 17.7 Å². The van der Waals surface area contributed by atoms with Crippen LogP contribution in [0.3, 0.4) is 0 Å². The van der Waals surface area contributed by atoms with Gasteiger partial charge in [-0.05, 0) is 24.0 Å². The maximum Gasteiger partial charge on any atom is 0.234 e. The van der Waals surface area contributed by atoms with E-state index in [1.165, 1.54) is 4.31 Å². The van der Waals surface area contributed by atoms with Gasteiger partial charge in [-0.3, -0.25) is 4.31 Å². The van der Waals surface area contributed by atoms with E-state index in [9.17, 15) is 8.42 Å². The molecule has 0 bridgehead atoms. The van der Waals surface area contributed by atoms with E-state index < -0.39 is 10.0 Å². The van der Waals surface area contributed by atoms with Crippen LogP contribution in [0.5, 0.6) is 0 Å². The van der Waals surface area contributed by atoms with Gasteiger partial charge in [0.2, 0.25) is 10.0 Å². The number of rotatable bonds is 5. The first-order valence-corrected chi connectivity index (χ1v) is 8.41. The molecule has 112 valence electrons. The first-order valence-electron chi connectivity index (χ1n) is 6.39. The maximum atomic E-state index is 12.3. The molecule has 0 aliphatic rings. The van der Waals surface area contributed by atoms with E-state index in [1.54, 1.807) is 31.3 Å². The van der Waals surface area contributed by atoms with Crippen LogP contribution >= 0.6 is 12.2 Å². The molecule has 0 saturated heterocycles. The molecule has 0 aliphatic carbocycles. The van der Waals surface area contributed by atoms with Crippen LogP contribution in [0.4, 0.5) is 5.69 Å². The minimum atomic E-state index is -3.34. The summed E-state index contributed by atoms with van der Waals surface area (Å²) in [5.41, 5.74) is 6.79. The summed E-state index contributed by atoms with van der Waals surface area (Å²) in [6, 6.07) is 6.94. The van der Waals surface area contributed by atoms with Crippen molar-refractivity contribution < 1.29 is 8.42 Å². The molecule has 0 aromatic heterocycles. The highest BCUT2D eigenvalue weighted by molar-refractivity contribution is 7.92. The monoisotopic (exact) mass is 314 g/mol. The minimum absolute atomic E-state index is 0.0193. The van der Waals surface area contributed by atoms with Crippen LogP contribution in [0.2, 0.25) is 0 Å². The van der Waals surface area contributed by atoms with Crippen LogP contribution in [0.1, 0.15) is 32.8 Å². The van der Waals surface area contributed by atoms with Gasteiger partial charge in [0.1, 0.15) is 4.99 Å². The normalized spacial score (nSPS) is 12.2. The SMILES string of the molecule is CN(c1cccc(C(N)=S)c1)S(=O)(=O)CCC(C)(C)C. The van der Waals surface area contributed by atoms with Gasteiger partial charge in [0, 0.05) is 12.6 Å². The largest absolute Gasteiger partial charge is 0.389 e. The second kappa shape index (κ2) is 6.10. The lowest BCUT2D eigenvalue weighted by atomic mass is 9.94. The van der Waals surface area contributed by atoms with E-state index in [2.05, 4.69) is 0 Å². The van der Waals surface area contributed by atoms with Crippen LogP contribution in [-0.2, 0) is 10.0 Å². The first kappa shape index (κ1) is 16.9. The van der Waals surface area contributed by atoms with Crippen LogP contribution < -0.4 is 10.0 Å². The second-order valence-corrected chi connectivity index (χ2v) is 8.57. The summed E-state index contributed by atoms with van der Waals surface area (Å²) < 4.78 is 25.9. The van der Waals surface area contributed by atoms with Crippen LogP contribution in [-0.4, -0.2) is 26.2 Å². The number of nitrogens with two attached hydrogens (primary N) is 1. The minimum Gasteiger partial charge on any atom is -0.389 e. The average Bonchev–Trinajstić information content (AvgIpc) is 2.35. The number of anilines is 1. The Balaban J connectivity index is 2.96. The van der Waals surface area contributed by atoms with Crippen molar-refractivity contribution in [3.63, 3.8) is 0 Å². The van der Waals surface area contributed by atoms with Crippen molar-refractivity contribution in [2.45, 2.75) is 27.2 Å². The van der Waals surface area contributed by atoms with E-state index >= 15 is 0 Å². The number of benzene rings is 1. The average molecular weight is 314 g/mol. The lowest BCUT2D eigenvalue weighted by molar-refractivity contribution is 0.397. The van der Waals surface area contributed by atoms with Crippen molar-refractivity contribution >= 4 is 32.9 Å². The topological polar surface area (TPSA) is 63.4 Å². The number of thiocarbonyl (C=S) groups is 1. The van der Waals surface area contributed by atoms with Gasteiger partial charge in [-0.2, -0.15) is 0 Å². The lowest BCUT2D eigenvalue weighted by Crippen LogP contribution is -2.30. The summed E-state index contributed by atoms with van der Waals surface area (Å²) >= 11 is 4.91. The molecule has 0 spiro atoms. The zero-order valence-corrected chi connectivity index (χ0v) is 14.0.